The molecule has 2 aromatic carbocycles. The third kappa shape index (κ3) is 2.71. The summed E-state index contributed by atoms with van der Waals surface area (Å²) in [4.78, 5) is 27.3. The van der Waals surface area contributed by atoms with Crippen LogP contribution in [-0.2, 0) is 17.8 Å². The molecule has 4 rings (SSSR count). The lowest BCUT2D eigenvalue weighted by molar-refractivity contribution is -0.119. The summed E-state index contributed by atoms with van der Waals surface area (Å²) in [5.41, 5.74) is 2.66. The first-order valence-electron chi connectivity index (χ1n) is 8.50. The van der Waals surface area contributed by atoms with Gasteiger partial charge < -0.3 is 4.90 Å². The van der Waals surface area contributed by atoms with Crippen LogP contribution in [0.5, 0.6) is 0 Å². The summed E-state index contributed by atoms with van der Waals surface area (Å²) in [5, 5.41) is 5.78. The van der Waals surface area contributed by atoms with E-state index in [1.807, 2.05) is 43.3 Å². The lowest BCUT2D eigenvalue weighted by atomic mass is 10.0. The van der Waals surface area contributed by atoms with Crippen LogP contribution in [0.3, 0.4) is 0 Å². The first-order chi connectivity index (χ1) is 12.1. The zero-order chi connectivity index (χ0) is 17.4. The molecule has 0 bridgehead atoms. The maximum Gasteiger partial charge on any atom is 0.275 e. The Bertz CT molecular complexity index is 1020. The highest BCUT2D eigenvalue weighted by Gasteiger charge is 2.23. The van der Waals surface area contributed by atoms with Crippen LogP contribution in [0.2, 0.25) is 0 Å². The number of carbonyl (C=O) groups excluding carboxylic acids is 1. The number of nitrogens with zero attached hydrogens (tertiary/aromatic N) is 3. The van der Waals surface area contributed by atoms with Crippen LogP contribution in [0.15, 0.2) is 53.3 Å². The van der Waals surface area contributed by atoms with Crippen molar-refractivity contribution in [2.24, 2.45) is 0 Å². The van der Waals surface area contributed by atoms with Crippen molar-refractivity contribution in [2.75, 3.05) is 11.4 Å². The van der Waals surface area contributed by atoms with Gasteiger partial charge in [0.25, 0.3) is 5.56 Å². The van der Waals surface area contributed by atoms with E-state index in [1.165, 1.54) is 10.2 Å². The predicted octanol–water partition coefficient (Wildman–Crippen LogP) is 2.68. The van der Waals surface area contributed by atoms with Gasteiger partial charge in [-0.05, 0) is 37.5 Å². The Labute approximate surface area is 145 Å². The van der Waals surface area contributed by atoms with Gasteiger partial charge in [-0.2, -0.15) is 5.10 Å². The van der Waals surface area contributed by atoms with Crippen LogP contribution >= 0.6 is 0 Å². The van der Waals surface area contributed by atoms with E-state index in [9.17, 15) is 9.59 Å². The van der Waals surface area contributed by atoms with Crippen LogP contribution < -0.4 is 10.5 Å². The third-order valence-electron chi connectivity index (χ3n) is 4.75. The van der Waals surface area contributed by atoms with Gasteiger partial charge in [0.2, 0.25) is 5.91 Å². The van der Waals surface area contributed by atoms with Gasteiger partial charge in [0.05, 0.1) is 11.1 Å². The van der Waals surface area contributed by atoms with Crippen LogP contribution in [0, 0.1) is 6.92 Å². The minimum Gasteiger partial charge on any atom is -0.311 e. The van der Waals surface area contributed by atoms with Crippen LogP contribution in [0.1, 0.15) is 17.7 Å². The minimum absolute atomic E-state index is 0.0428. The second-order valence-corrected chi connectivity index (χ2v) is 6.37. The van der Waals surface area contributed by atoms with Crippen LogP contribution in [-0.4, -0.2) is 22.2 Å². The number of amides is 1. The predicted molar refractivity (Wildman–Crippen MR) is 97.9 cm³/mol. The first-order valence-corrected chi connectivity index (χ1v) is 8.50. The fraction of sp³-hybridized carbons (Fsp3) is 0.250. The smallest absolute Gasteiger partial charge is 0.275 e. The molecule has 1 amide bonds. The molecular weight excluding hydrogens is 314 g/mol. The molecule has 5 nitrogen and oxygen atoms in total. The number of rotatable bonds is 2. The molecule has 0 aliphatic carbocycles. The van der Waals surface area contributed by atoms with Crippen molar-refractivity contribution in [1.82, 2.24) is 9.78 Å². The highest BCUT2D eigenvalue weighted by molar-refractivity contribution is 5.94. The van der Waals surface area contributed by atoms with Crippen molar-refractivity contribution in [3.8, 4) is 0 Å². The number of hydrogen-bond donors (Lipinski definition) is 0. The summed E-state index contributed by atoms with van der Waals surface area (Å²) in [7, 11) is 0. The molecule has 5 heteroatoms. The van der Waals surface area contributed by atoms with Gasteiger partial charge in [-0.3, -0.25) is 9.59 Å². The minimum atomic E-state index is -0.222. The third-order valence-corrected chi connectivity index (χ3v) is 4.75. The quantitative estimate of drug-likeness (QED) is 0.724. The van der Waals surface area contributed by atoms with Crippen molar-refractivity contribution in [1.29, 1.82) is 0 Å². The van der Waals surface area contributed by atoms with E-state index in [2.05, 4.69) is 11.2 Å². The molecule has 1 aromatic heterocycles. The summed E-state index contributed by atoms with van der Waals surface area (Å²) in [6.07, 6.45) is 1.91. The zero-order valence-electron chi connectivity index (χ0n) is 14.1. The molecule has 1 aliphatic heterocycles. The average molecular weight is 333 g/mol. The Morgan fingerprint density at radius 2 is 1.80 bits per heavy atom. The highest BCUT2D eigenvalue weighted by atomic mass is 16.2. The number of aromatic nitrogens is 2. The van der Waals surface area contributed by atoms with Gasteiger partial charge >= 0.3 is 0 Å². The van der Waals surface area contributed by atoms with Gasteiger partial charge in [-0.1, -0.05) is 36.4 Å². The molecule has 3 aromatic rings. The lowest BCUT2D eigenvalue weighted by Crippen LogP contribution is -2.40. The van der Waals surface area contributed by atoms with E-state index in [0.717, 1.165) is 29.6 Å². The maximum absolute atomic E-state index is 12.9. The summed E-state index contributed by atoms with van der Waals surface area (Å²) < 4.78 is 1.29. The summed E-state index contributed by atoms with van der Waals surface area (Å²) in [5.74, 6) is -0.101. The van der Waals surface area contributed by atoms with Crippen molar-refractivity contribution in [3.05, 3.63) is 70.1 Å². The van der Waals surface area contributed by atoms with Crippen LogP contribution in [0.25, 0.3) is 10.8 Å². The SMILES string of the molecule is Cc1nn(CC(=O)N2CCCc3ccccc32)c(=O)c2ccccc12. The zero-order valence-corrected chi connectivity index (χ0v) is 14.1. The van der Waals surface area contributed by atoms with E-state index in [1.54, 1.807) is 11.0 Å². The summed E-state index contributed by atoms with van der Waals surface area (Å²) in [6, 6.07) is 15.3. The van der Waals surface area contributed by atoms with Gasteiger partial charge in [-0.15, -0.1) is 0 Å². The Hall–Kier alpha value is -2.95. The Morgan fingerprint density at radius 1 is 1.08 bits per heavy atom. The monoisotopic (exact) mass is 333 g/mol. The van der Waals surface area contributed by atoms with E-state index in [-0.39, 0.29) is 18.0 Å². The molecule has 0 spiro atoms. The lowest BCUT2D eigenvalue weighted by Gasteiger charge is -2.29. The number of benzene rings is 2. The highest BCUT2D eigenvalue weighted by Crippen LogP contribution is 2.26. The Morgan fingerprint density at radius 3 is 2.64 bits per heavy atom. The average Bonchev–Trinajstić information content (AvgIpc) is 2.65. The van der Waals surface area contributed by atoms with Gasteiger partial charge in [0, 0.05) is 17.6 Å². The molecule has 0 saturated carbocycles. The number of para-hydroxylation sites is 1. The fourth-order valence-electron chi connectivity index (χ4n) is 3.52. The largest absolute Gasteiger partial charge is 0.311 e. The van der Waals surface area contributed by atoms with Crippen LogP contribution in [0.4, 0.5) is 5.69 Å². The molecule has 0 unspecified atom stereocenters. The molecule has 0 saturated heterocycles. The molecule has 0 atom stereocenters. The molecule has 126 valence electrons. The molecular formula is C20H19N3O2. The van der Waals surface area contributed by atoms with Crippen molar-refractivity contribution in [2.45, 2.75) is 26.3 Å². The summed E-state index contributed by atoms with van der Waals surface area (Å²) in [6.45, 7) is 2.49. The number of carbonyl (C=O) groups is 1. The molecule has 0 fully saturated rings. The Balaban J connectivity index is 1.70. The molecule has 0 N–H and O–H groups in total. The number of anilines is 1. The first kappa shape index (κ1) is 15.6. The van der Waals surface area contributed by atoms with E-state index in [0.29, 0.717) is 11.9 Å². The molecule has 2 heterocycles. The number of hydrogen-bond acceptors (Lipinski definition) is 3. The second-order valence-electron chi connectivity index (χ2n) is 6.37. The number of fused-ring (bicyclic) bond motifs is 2. The fourth-order valence-corrected chi connectivity index (χ4v) is 3.52. The molecule has 25 heavy (non-hydrogen) atoms. The van der Waals surface area contributed by atoms with Gasteiger partial charge in [-0.25, -0.2) is 4.68 Å². The molecule has 0 radical (unpaired) electrons. The maximum atomic E-state index is 12.9. The summed E-state index contributed by atoms with van der Waals surface area (Å²) >= 11 is 0. The van der Waals surface area contributed by atoms with Gasteiger partial charge in [0.15, 0.2) is 0 Å². The molecule has 1 aliphatic rings. The van der Waals surface area contributed by atoms with Gasteiger partial charge in [0.1, 0.15) is 6.54 Å². The van der Waals surface area contributed by atoms with E-state index in [4.69, 9.17) is 0 Å². The Kier molecular flexibility index (Phi) is 3.84. The van der Waals surface area contributed by atoms with Crippen molar-refractivity contribution in [3.63, 3.8) is 0 Å². The van der Waals surface area contributed by atoms with Crippen molar-refractivity contribution < 1.29 is 4.79 Å². The topological polar surface area (TPSA) is 55.2 Å². The normalized spacial score (nSPS) is 13.7. The van der Waals surface area contributed by atoms with E-state index < -0.39 is 0 Å². The van der Waals surface area contributed by atoms with E-state index >= 15 is 0 Å². The number of aryl methyl sites for hydroxylation is 2. The second kappa shape index (κ2) is 6.16. The van der Waals surface area contributed by atoms with Crippen molar-refractivity contribution >= 4 is 22.4 Å². The standard InChI is InChI=1S/C20H19N3O2/c1-14-16-9-3-4-10-17(16)20(25)23(21-14)13-19(24)22-12-6-8-15-7-2-5-11-18(15)22/h2-5,7,9-11H,6,8,12-13H2,1H3.